The Bertz CT molecular complexity index is 1280. The molecule has 6 nitrogen and oxygen atoms in total. The molecule has 5 rings (SSSR count). The molecule has 1 aliphatic heterocycles. The van der Waals surface area contributed by atoms with Crippen LogP contribution in [-0.2, 0) is 17.0 Å². The summed E-state index contributed by atoms with van der Waals surface area (Å²) >= 11 is 7.72. The minimum absolute atomic E-state index is 0.0406. The number of oxazole rings is 1. The molecule has 4 aromatic rings. The average Bonchev–Trinajstić information content (AvgIpc) is 3.47. The maximum absolute atomic E-state index is 13.2. The Balaban J connectivity index is 1.43. The van der Waals surface area contributed by atoms with Gasteiger partial charge in [0.2, 0.25) is 5.89 Å². The molecule has 0 spiro atoms. The van der Waals surface area contributed by atoms with Crippen LogP contribution in [-0.4, -0.2) is 27.2 Å². The quantitative estimate of drug-likeness (QED) is 0.296. The second-order valence-electron chi connectivity index (χ2n) is 7.37. The highest BCUT2D eigenvalue weighted by molar-refractivity contribution is 7.98. The van der Waals surface area contributed by atoms with Crippen LogP contribution in [0.4, 0.5) is 0 Å². The SMILES string of the molecule is O=c1c2ccccc2nc(SCc2coc(-c3ccccc3Cl)n2)n1CC1CCCO1. The average molecular weight is 454 g/mol. The lowest BCUT2D eigenvalue weighted by molar-refractivity contribution is 0.0937. The van der Waals surface area contributed by atoms with Crippen molar-refractivity contribution in [3.63, 3.8) is 0 Å². The molecule has 1 aliphatic rings. The van der Waals surface area contributed by atoms with E-state index in [-0.39, 0.29) is 11.7 Å². The zero-order chi connectivity index (χ0) is 21.2. The van der Waals surface area contributed by atoms with Gasteiger partial charge in [-0.25, -0.2) is 9.97 Å². The molecule has 0 aliphatic carbocycles. The summed E-state index contributed by atoms with van der Waals surface area (Å²) in [5.41, 5.74) is 2.15. The molecule has 3 heterocycles. The lowest BCUT2D eigenvalue weighted by Crippen LogP contribution is -2.28. The Morgan fingerprint density at radius 1 is 1.13 bits per heavy atom. The van der Waals surface area contributed by atoms with Gasteiger partial charge in [-0.05, 0) is 37.1 Å². The van der Waals surface area contributed by atoms with Crippen LogP contribution in [0.5, 0.6) is 0 Å². The summed E-state index contributed by atoms with van der Waals surface area (Å²) < 4.78 is 13.1. The predicted octanol–water partition coefficient (Wildman–Crippen LogP) is 5.18. The number of hydrogen-bond acceptors (Lipinski definition) is 6. The number of aromatic nitrogens is 3. The molecule has 1 fully saturated rings. The second kappa shape index (κ2) is 8.86. The molecule has 0 saturated carbocycles. The van der Waals surface area contributed by atoms with E-state index >= 15 is 0 Å². The minimum atomic E-state index is -0.0412. The van der Waals surface area contributed by atoms with E-state index in [4.69, 9.17) is 25.7 Å². The van der Waals surface area contributed by atoms with E-state index in [1.165, 1.54) is 11.8 Å². The number of nitrogens with zero attached hydrogens (tertiary/aromatic N) is 3. The predicted molar refractivity (Wildman–Crippen MR) is 121 cm³/mol. The molecular weight excluding hydrogens is 434 g/mol. The van der Waals surface area contributed by atoms with Crippen LogP contribution in [0.1, 0.15) is 18.5 Å². The van der Waals surface area contributed by atoms with Gasteiger partial charge in [-0.2, -0.15) is 0 Å². The largest absolute Gasteiger partial charge is 0.444 e. The molecule has 0 bridgehead atoms. The monoisotopic (exact) mass is 453 g/mol. The normalized spacial score (nSPS) is 16.2. The molecule has 1 atom stereocenters. The van der Waals surface area contributed by atoms with Crippen molar-refractivity contribution in [2.75, 3.05) is 6.61 Å². The second-order valence-corrected chi connectivity index (χ2v) is 8.72. The van der Waals surface area contributed by atoms with Gasteiger partial charge in [0.15, 0.2) is 5.16 Å². The van der Waals surface area contributed by atoms with Crippen LogP contribution in [0, 0.1) is 0 Å². The summed E-state index contributed by atoms with van der Waals surface area (Å²) in [6.45, 7) is 1.25. The fourth-order valence-corrected chi connectivity index (χ4v) is 4.78. The molecule has 0 N–H and O–H groups in total. The molecule has 0 amide bonds. The van der Waals surface area contributed by atoms with Gasteiger partial charge < -0.3 is 9.15 Å². The van der Waals surface area contributed by atoms with Crippen molar-refractivity contribution in [3.05, 3.63) is 75.9 Å². The van der Waals surface area contributed by atoms with Gasteiger partial charge in [0.25, 0.3) is 5.56 Å². The zero-order valence-corrected chi connectivity index (χ0v) is 18.2. The number of thioether (sulfide) groups is 1. The smallest absolute Gasteiger partial charge is 0.262 e. The Hall–Kier alpha value is -2.61. The zero-order valence-electron chi connectivity index (χ0n) is 16.7. The van der Waals surface area contributed by atoms with Gasteiger partial charge >= 0.3 is 0 Å². The van der Waals surface area contributed by atoms with E-state index < -0.39 is 0 Å². The lowest BCUT2D eigenvalue weighted by Gasteiger charge is -2.16. The van der Waals surface area contributed by atoms with Gasteiger partial charge in [0.1, 0.15) is 6.26 Å². The van der Waals surface area contributed by atoms with E-state index in [1.807, 2.05) is 42.5 Å². The number of rotatable bonds is 6. The van der Waals surface area contributed by atoms with Crippen LogP contribution >= 0.6 is 23.4 Å². The van der Waals surface area contributed by atoms with Gasteiger partial charge in [-0.1, -0.05) is 47.6 Å². The van der Waals surface area contributed by atoms with Crippen LogP contribution in [0.25, 0.3) is 22.4 Å². The number of para-hydroxylation sites is 1. The van der Waals surface area contributed by atoms with E-state index in [2.05, 4.69) is 4.98 Å². The first-order valence-corrected chi connectivity index (χ1v) is 11.5. The van der Waals surface area contributed by atoms with E-state index in [0.29, 0.717) is 39.3 Å². The highest BCUT2D eigenvalue weighted by Crippen LogP contribution is 2.29. The number of ether oxygens (including phenoxy) is 1. The van der Waals surface area contributed by atoms with Crippen LogP contribution < -0.4 is 5.56 Å². The third kappa shape index (κ3) is 4.26. The van der Waals surface area contributed by atoms with Crippen molar-refractivity contribution in [1.82, 2.24) is 14.5 Å². The topological polar surface area (TPSA) is 70.2 Å². The van der Waals surface area contributed by atoms with Crippen LogP contribution in [0.3, 0.4) is 0 Å². The van der Waals surface area contributed by atoms with Gasteiger partial charge in [-0.3, -0.25) is 9.36 Å². The van der Waals surface area contributed by atoms with Gasteiger partial charge in [-0.15, -0.1) is 0 Å². The Kier molecular flexibility index (Phi) is 5.80. The molecule has 1 saturated heterocycles. The van der Waals surface area contributed by atoms with Crippen molar-refractivity contribution in [2.24, 2.45) is 0 Å². The first-order valence-electron chi connectivity index (χ1n) is 10.1. The fraction of sp³-hybridized carbons (Fsp3) is 0.261. The van der Waals surface area contributed by atoms with E-state index in [9.17, 15) is 4.79 Å². The van der Waals surface area contributed by atoms with Crippen molar-refractivity contribution >= 4 is 34.3 Å². The fourth-order valence-electron chi connectivity index (χ4n) is 3.68. The highest BCUT2D eigenvalue weighted by Gasteiger charge is 2.20. The standard InChI is InChI=1S/C23H20ClN3O3S/c24-19-9-3-1-7-17(19)21-25-15(13-30-21)14-31-23-26-20-10-4-2-8-18(20)22(28)27(23)12-16-6-5-11-29-16/h1-4,7-10,13,16H,5-6,11-12,14H2. The Labute approximate surface area is 188 Å². The molecule has 2 aromatic carbocycles. The Morgan fingerprint density at radius 2 is 1.97 bits per heavy atom. The Morgan fingerprint density at radius 3 is 2.81 bits per heavy atom. The number of benzene rings is 2. The molecule has 1 unspecified atom stereocenters. The van der Waals surface area contributed by atoms with Crippen molar-refractivity contribution in [2.45, 2.75) is 36.4 Å². The van der Waals surface area contributed by atoms with Crippen LogP contribution in [0.15, 0.2) is 69.2 Å². The molecule has 31 heavy (non-hydrogen) atoms. The summed E-state index contributed by atoms with van der Waals surface area (Å²) in [5, 5.41) is 1.86. The third-order valence-corrected chi connectivity index (χ3v) is 6.58. The number of hydrogen-bond donors (Lipinski definition) is 0. The number of halogens is 1. The molecule has 2 aromatic heterocycles. The number of fused-ring (bicyclic) bond motifs is 1. The summed E-state index contributed by atoms with van der Waals surface area (Å²) in [5.74, 6) is 0.994. The third-order valence-electron chi connectivity index (χ3n) is 5.24. The molecule has 8 heteroatoms. The van der Waals surface area contributed by atoms with E-state index in [0.717, 1.165) is 30.7 Å². The van der Waals surface area contributed by atoms with Crippen LogP contribution in [0.2, 0.25) is 5.02 Å². The summed E-state index contributed by atoms with van der Waals surface area (Å²) in [6, 6.07) is 14.9. The van der Waals surface area contributed by atoms with Crippen molar-refractivity contribution in [1.29, 1.82) is 0 Å². The maximum atomic E-state index is 13.2. The summed E-state index contributed by atoms with van der Waals surface area (Å²) in [4.78, 5) is 22.5. The molecular formula is C23H20ClN3O3S. The lowest BCUT2D eigenvalue weighted by atomic mass is 10.2. The van der Waals surface area contributed by atoms with Gasteiger partial charge in [0, 0.05) is 12.4 Å². The highest BCUT2D eigenvalue weighted by atomic mass is 35.5. The molecule has 0 radical (unpaired) electrons. The first-order chi connectivity index (χ1) is 15.2. The first kappa shape index (κ1) is 20.3. The van der Waals surface area contributed by atoms with Crippen molar-refractivity contribution < 1.29 is 9.15 Å². The maximum Gasteiger partial charge on any atom is 0.262 e. The van der Waals surface area contributed by atoms with Crippen molar-refractivity contribution in [3.8, 4) is 11.5 Å². The molecule has 158 valence electrons. The minimum Gasteiger partial charge on any atom is -0.444 e. The van der Waals surface area contributed by atoms with Gasteiger partial charge in [0.05, 0.1) is 39.8 Å². The summed E-state index contributed by atoms with van der Waals surface area (Å²) in [7, 11) is 0. The van der Waals surface area contributed by atoms with E-state index in [1.54, 1.807) is 16.9 Å². The summed E-state index contributed by atoms with van der Waals surface area (Å²) in [6.07, 6.45) is 3.63.